The summed E-state index contributed by atoms with van der Waals surface area (Å²) in [4.78, 5) is 13.0. The molecule has 0 N–H and O–H groups in total. The lowest BCUT2D eigenvalue weighted by Gasteiger charge is -2.18. The number of ether oxygens (including phenoxy) is 2. The molecule has 48 heavy (non-hydrogen) atoms. The largest absolute Gasteiger partial charge is 0.423 e. The van der Waals surface area contributed by atoms with E-state index in [1.807, 2.05) is 42.5 Å². The van der Waals surface area contributed by atoms with Crippen molar-refractivity contribution in [1.82, 2.24) is 0 Å². The number of rotatable bonds is 26. The van der Waals surface area contributed by atoms with E-state index in [2.05, 4.69) is 58.0 Å². The van der Waals surface area contributed by atoms with E-state index >= 15 is 0 Å². The van der Waals surface area contributed by atoms with Gasteiger partial charge in [-0.25, -0.2) is 4.79 Å². The predicted octanol–water partition coefficient (Wildman–Crippen LogP) is 14.2. The van der Waals surface area contributed by atoms with Crippen LogP contribution in [0.15, 0.2) is 72.8 Å². The summed E-state index contributed by atoms with van der Waals surface area (Å²) in [6.45, 7) is 9.65. The van der Waals surface area contributed by atoms with Gasteiger partial charge in [-0.1, -0.05) is 178 Å². The molecular formula is C45H66O3. The molecule has 0 radical (unpaired) electrons. The number of hydrogen-bond acceptors (Lipinski definition) is 3. The average Bonchev–Trinajstić information content (AvgIpc) is 3.12. The van der Waals surface area contributed by atoms with E-state index in [9.17, 15) is 4.79 Å². The fraction of sp³-hybridized carbons (Fsp3) is 0.578. The van der Waals surface area contributed by atoms with Crippen molar-refractivity contribution in [1.29, 1.82) is 0 Å². The molecule has 2 unspecified atom stereocenters. The van der Waals surface area contributed by atoms with Gasteiger partial charge in [0.2, 0.25) is 0 Å². The van der Waals surface area contributed by atoms with Crippen molar-refractivity contribution in [2.24, 2.45) is 0 Å². The molecule has 0 saturated carbocycles. The quantitative estimate of drug-likeness (QED) is 0.0491. The van der Waals surface area contributed by atoms with Gasteiger partial charge in [0.05, 0.1) is 11.7 Å². The first-order chi connectivity index (χ1) is 23.6. The lowest BCUT2D eigenvalue weighted by atomic mass is 9.91. The Morgan fingerprint density at radius 3 is 1.60 bits per heavy atom. The second-order valence-electron chi connectivity index (χ2n) is 13.8. The third-order valence-electron chi connectivity index (χ3n) is 9.89. The Morgan fingerprint density at radius 1 is 0.583 bits per heavy atom. The number of unbranched alkanes of at least 4 members (excludes halogenated alkanes) is 15. The van der Waals surface area contributed by atoms with E-state index in [0.29, 0.717) is 17.2 Å². The average molecular weight is 655 g/mol. The maximum atomic E-state index is 13.0. The van der Waals surface area contributed by atoms with Crippen molar-refractivity contribution in [3.8, 4) is 16.9 Å². The van der Waals surface area contributed by atoms with Gasteiger partial charge >= 0.3 is 5.97 Å². The predicted molar refractivity (Wildman–Crippen MR) is 205 cm³/mol. The molecular weight excluding hydrogens is 588 g/mol. The van der Waals surface area contributed by atoms with E-state index in [0.717, 1.165) is 49.0 Å². The summed E-state index contributed by atoms with van der Waals surface area (Å²) in [5.41, 5.74) is 5.08. The highest BCUT2D eigenvalue weighted by Gasteiger charge is 2.17. The van der Waals surface area contributed by atoms with Crippen LogP contribution in [0.3, 0.4) is 0 Å². The Labute approximate surface area is 294 Å². The lowest BCUT2D eigenvalue weighted by Crippen LogP contribution is -2.11. The number of benzene rings is 3. The van der Waals surface area contributed by atoms with E-state index in [-0.39, 0.29) is 12.1 Å². The van der Waals surface area contributed by atoms with Crippen LogP contribution in [0.25, 0.3) is 11.1 Å². The Morgan fingerprint density at radius 2 is 1.08 bits per heavy atom. The van der Waals surface area contributed by atoms with Gasteiger partial charge in [-0.2, -0.15) is 0 Å². The van der Waals surface area contributed by atoms with Gasteiger partial charge in [0.1, 0.15) is 5.75 Å². The third kappa shape index (κ3) is 14.7. The van der Waals surface area contributed by atoms with E-state index in [1.54, 1.807) is 0 Å². The van der Waals surface area contributed by atoms with Crippen molar-refractivity contribution >= 4 is 5.97 Å². The highest BCUT2D eigenvalue weighted by molar-refractivity contribution is 5.91. The minimum Gasteiger partial charge on any atom is -0.423 e. The summed E-state index contributed by atoms with van der Waals surface area (Å²) in [6, 6.07) is 24.3. The third-order valence-corrected chi connectivity index (χ3v) is 9.89. The molecule has 3 rings (SSSR count). The van der Waals surface area contributed by atoms with Gasteiger partial charge < -0.3 is 9.47 Å². The number of para-hydroxylation sites is 1. The number of hydrogen-bond donors (Lipinski definition) is 0. The minimum atomic E-state index is -0.314. The molecule has 3 nitrogen and oxygen atoms in total. The molecule has 3 aromatic rings. The highest BCUT2D eigenvalue weighted by Crippen LogP contribution is 2.33. The first-order valence-electron chi connectivity index (χ1n) is 19.7. The van der Waals surface area contributed by atoms with Crippen molar-refractivity contribution in [2.75, 3.05) is 6.61 Å². The Hall–Kier alpha value is -2.91. The topological polar surface area (TPSA) is 35.5 Å². The first kappa shape index (κ1) is 39.5. The van der Waals surface area contributed by atoms with Crippen LogP contribution in [0, 0.1) is 0 Å². The molecule has 0 fully saturated rings. The van der Waals surface area contributed by atoms with Crippen molar-refractivity contribution in [3.05, 3.63) is 89.5 Å². The van der Waals surface area contributed by atoms with Crippen molar-refractivity contribution < 1.29 is 14.3 Å². The van der Waals surface area contributed by atoms with Crippen molar-refractivity contribution in [2.45, 2.75) is 162 Å². The van der Waals surface area contributed by atoms with Crippen LogP contribution in [-0.4, -0.2) is 12.6 Å². The summed E-state index contributed by atoms with van der Waals surface area (Å²) in [5, 5.41) is 0. The van der Waals surface area contributed by atoms with E-state index < -0.39 is 0 Å². The molecule has 2 atom stereocenters. The maximum Gasteiger partial charge on any atom is 0.343 e. The Balaban J connectivity index is 1.30. The zero-order chi connectivity index (χ0) is 34.2. The zero-order valence-electron chi connectivity index (χ0n) is 30.9. The van der Waals surface area contributed by atoms with Gasteiger partial charge in [0.15, 0.2) is 0 Å². The molecule has 0 aliphatic rings. The summed E-state index contributed by atoms with van der Waals surface area (Å²) in [6.07, 6.45) is 25.4. The molecule has 3 heteroatoms. The number of carbonyl (C=O) groups is 1. The molecule has 0 heterocycles. The van der Waals surface area contributed by atoms with Crippen LogP contribution in [0.1, 0.15) is 183 Å². The first-order valence-corrected chi connectivity index (χ1v) is 19.7. The van der Waals surface area contributed by atoms with Gasteiger partial charge in [0.25, 0.3) is 0 Å². The van der Waals surface area contributed by atoms with Gasteiger partial charge in [-0.15, -0.1) is 0 Å². The standard InChI is InChI=1S/C45H66O3/c1-5-8-9-10-11-12-13-14-15-16-17-18-19-20-21-24-36-47-37(4)39-28-30-40(31-29-39)41-32-34-42(35-33-41)45(46)48-44-27-23-22-26-43(44)38(7-3)25-6-2/h22-23,26-35,37-38H,5-21,24-25,36H2,1-4H3. The normalized spacial score (nSPS) is 12.6. The van der Waals surface area contributed by atoms with Gasteiger partial charge in [-0.3, -0.25) is 0 Å². The Kier molecular flexibility index (Phi) is 20.0. The summed E-state index contributed by atoms with van der Waals surface area (Å²) in [7, 11) is 0. The molecule has 0 aliphatic heterocycles. The van der Waals surface area contributed by atoms with Crippen LogP contribution < -0.4 is 4.74 Å². The molecule has 0 amide bonds. The Bertz CT molecular complexity index is 1250. The number of carbonyl (C=O) groups excluding carboxylic acids is 1. The fourth-order valence-corrected chi connectivity index (χ4v) is 6.75. The van der Waals surface area contributed by atoms with E-state index in [1.165, 1.54) is 102 Å². The maximum absolute atomic E-state index is 13.0. The molecule has 0 aromatic heterocycles. The minimum absolute atomic E-state index is 0.0834. The smallest absolute Gasteiger partial charge is 0.343 e. The van der Waals surface area contributed by atoms with Crippen LogP contribution >= 0.6 is 0 Å². The second-order valence-corrected chi connectivity index (χ2v) is 13.8. The van der Waals surface area contributed by atoms with Crippen LogP contribution in [0.4, 0.5) is 0 Å². The zero-order valence-corrected chi connectivity index (χ0v) is 30.9. The molecule has 0 saturated heterocycles. The molecule has 0 aliphatic carbocycles. The van der Waals surface area contributed by atoms with Gasteiger partial charge in [0, 0.05) is 6.61 Å². The van der Waals surface area contributed by atoms with Crippen LogP contribution in [0.2, 0.25) is 0 Å². The van der Waals surface area contributed by atoms with Crippen LogP contribution in [0.5, 0.6) is 5.75 Å². The van der Waals surface area contributed by atoms with Crippen molar-refractivity contribution in [3.63, 3.8) is 0 Å². The van der Waals surface area contributed by atoms with Crippen LogP contribution in [-0.2, 0) is 4.74 Å². The summed E-state index contributed by atoms with van der Waals surface area (Å²) >= 11 is 0. The highest BCUT2D eigenvalue weighted by atomic mass is 16.5. The fourth-order valence-electron chi connectivity index (χ4n) is 6.75. The number of esters is 1. The SMILES string of the molecule is CCCCCCCCCCCCCCCCCCOC(C)c1ccc(-c2ccc(C(=O)Oc3ccccc3C(CC)CCC)cc2)cc1. The molecule has 3 aromatic carbocycles. The van der Waals surface area contributed by atoms with Gasteiger partial charge in [-0.05, 0) is 72.6 Å². The lowest BCUT2D eigenvalue weighted by molar-refractivity contribution is 0.0627. The van der Waals surface area contributed by atoms with E-state index in [4.69, 9.17) is 9.47 Å². The summed E-state index contributed by atoms with van der Waals surface area (Å²) < 4.78 is 12.1. The molecule has 0 spiro atoms. The summed E-state index contributed by atoms with van der Waals surface area (Å²) in [5.74, 6) is 0.760. The second kappa shape index (κ2) is 24.3. The molecule has 264 valence electrons. The molecule has 0 bridgehead atoms. The monoisotopic (exact) mass is 655 g/mol.